The number of carbonyl (C=O) groups is 1. The summed E-state index contributed by atoms with van der Waals surface area (Å²) in [7, 11) is 3.46. The molecule has 1 N–H and O–H groups in total. The van der Waals surface area contributed by atoms with Crippen LogP contribution in [0.4, 0.5) is 5.69 Å². The number of anilines is 1. The Morgan fingerprint density at radius 2 is 1.76 bits per heavy atom. The van der Waals surface area contributed by atoms with Gasteiger partial charge in [-0.2, -0.15) is 0 Å². The van der Waals surface area contributed by atoms with Crippen molar-refractivity contribution in [3.8, 4) is 0 Å². The van der Waals surface area contributed by atoms with E-state index in [-0.39, 0.29) is 11.6 Å². The predicted octanol–water partition coefficient (Wildman–Crippen LogP) is 3.51. The summed E-state index contributed by atoms with van der Waals surface area (Å²) in [5.41, 5.74) is 3.44. The van der Waals surface area contributed by atoms with Crippen LogP contribution in [0.15, 0.2) is 51.7 Å². The molecule has 0 saturated heterocycles. The molecule has 25 heavy (non-hydrogen) atoms. The number of thioether (sulfide) groups is 1. The van der Waals surface area contributed by atoms with Crippen LogP contribution in [-0.4, -0.2) is 20.8 Å². The van der Waals surface area contributed by atoms with Gasteiger partial charge in [0.1, 0.15) is 0 Å². The maximum atomic E-state index is 12.1. The monoisotopic (exact) mass is 419 g/mol. The first kappa shape index (κ1) is 17.8. The first-order valence-electron chi connectivity index (χ1n) is 7.73. The zero-order valence-corrected chi connectivity index (χ0v) is 16.4. The summed E-state index contributed by atoms with van der Waals surface area (Å²) in [6, 6.07) is 13.6. The highest BCUT2D eigenvalue weighted by Gasteiger charge is 2.09. The van der Waals surface area contributed by atoms with Gasteiger partial charge in [0.15, 0.2) is 0 Å². The van der Waals surface area contributed by atoms with Gasteiger partial charge in [0.2, 0.25) is 5.91 Å². The molecular formula is C18H18BrN3O2S. The second kappa shape index (κ2) is 7.49. The van der Waals surface area contributed by atoms with E-state index in [0.29, 0.717) is 11.4 Å². The molecule has 0 spiro atoms. The molecule has 0 radical (unpaired) electrons. The largest absolute Gasteiger partial charge is 0.328 e. The minimum absolute atomic E-state index is 0.0533. The Morgan fingerprint density at radius 3 is 2.48 bits per heavy atom. The molecule has 5 nitrogen and oxygen atoms in total. The molecular weight excluding hydrogens is 402 g/mol. The maximum Gasteiger partial charge on any atom is 0.328 e. The fourth-order valence-corrected chi connectivity index (χ4v) is 3.68. The van der Waals surface area contributed by atoms with E-state index in [9.17, 15) is 9.59 Å². The molecule has 0 saturated carbocycles. The molecule has 0 unspecified atom stereocenters. The Labute approximate surface area is 158 Å². The van der Waals surface area contributed by atoms with E-state index >= 15 is 0 Å². The third kappa shape index (κ3) is 3.99. The maximum absolute atomic E-state index is 12.1. The van der Waals surface area contributed by atoms with Gasteiger partial charge in [-0.25, -0.2) is 4.79 Å². The van der Waals surface area contributed by atoms with Crippen LogP contribution in [0.25, 0.3) is 11.0 Å². The summed E-state index contributed by atoms with van der Waals surface area (Å²) < 4.78 is 4.21. The topological polar surface area (TPSA) is 56.0 Å². The highest BCUT2D eigenvalue weighted by atomic mass is 79.9. The lowest BCUT2D eigenvalue weighted by Gasteiger charge is -2.06. The van der Waals surface area contributed by atoms with Gasteiger partial charge in [-0.1, -0.05) is 28.1 Å². The Hall–Kier alpha value is -1.99. The van der Waals surface area contributed by atoms with Gasteiger partial charge in [-0.3, -0.25) is 13.9 Å². The van der Waals surface area contributed by atoms with Gasteiger partial charge in [0.25, 0.3) is 0 Å². The number of rotatable bonds is 5. The fourth-order valence-electron chi connectivity index (χ4n) is 2.62. The van der Waals surface area contributed by atoms with Gasteiger partial charge < -0.3 is 5.32 Å². The van der Waals surface area contributed by atoms with Crippen molar-refractivity contribution in [3.05, 3.63) is 63.0 Å². The summed E-state index contributed by atoms with van der Waals surface area (Å²) in [6.07, 6.45) is 0. The number of amides is 1. The SMILES string of the molecule is Cn1c(=O)n(C)c2cc(NC(=O)CSCc3ccc(Br)cc3)ccc21. The summed E-state index contributed by atoms with van der Waals surface area (Å²) in [4.78, 5) is 24.1. The summed E-state index contributed by atoms with van der Waals surface area (Å²) in [6.45, 7) is 0. The predicted molar refractivity (Wildman–Crippen MR) is 107 cm³/mol. The standard InChI is InChI=1S/C18H18BrN3O2S/c1-21-15-8-7-14(9-16(15)22(2)18(21)24)20-17(23)11-25-10-12-3-5-13(19)6-4-12/h3-9H,10-11H2,1-2H3,(H,20,23). The minimum Gasteiger partial charge on any atom is -0.325 e. The van der Waals surface area contributed by atoms with Crippen LogP contribution in [0.3, 0.4) is 0 Å². The Bertz CT molecular complexity index is 976. The van der Waals surface area contributed by atoms with Crippen LogP contribution >= 0.6 is 27.7 Å². The fraction of sp³-hybridized carbons (Fsp3) is 0.222. The van der Waals surface area contributed by atoms with Crippen molar-refractivity contribution >= 4 is 50.3 Å². The number of hydrogen-bond acceptors (Lipinski definition) is 3. The van der Waals surface area contributed by atoms with Gasteiger partial charge in [-0.15, -0.1) is 11.8 Å². The highest BCUT2D eigenvalue weighted by Crippen LogP contribution is 2.19. The van der Waals surface area contributed by atoms with Crippen molar-refractivity contribution in [1.82, 2.24) is 9.13 Å². The normalized spacial score (nSPS) is 11.0. The van der Waals surface area contributed by atoms with Gasteiger partial charge in [0.05, 0.1) is 16.8 Å². The summed E-state index contributed by atoms with van der Waals surface area (Å²) in [5, 5.41) is 2.89. The molecule has 1 heterocycles. The molecule has 0 fully saturated rings. The van der Waals surface area contributed by atoms with Crippen LogP contribution < -0.4 is 11.0 Å². The van der Waals surface area contributed by atoms with Crippen molar-refractivity contribution in [2.75, 3.05) is 11.1 Å². The molecule has 0 atom stereocenters. The molecule has 3 aromatic rings. The molecule has 0 aliphatic rings. The lowest BCUT2D eigenvalue weighted by molar-refractivity contribution is -0.113. The average molecular weight is 420 g/mol. The van der Waals surface area contributed by atoms with E-state index in [1.807, 2.05) is 42.5 Å². The highest BCUT2D eigenvalue weighted by molar-refractivity contribution is 9.10. The first-order chi connectivity index (χ1) is 12.0. The quantitative estimate of drug-likeness (QED) is 0.688. The molecule has 1 amide bonds. The van der Waals surface area contributed by atoms with E-state index in [2.05, 4.69) is 21.2 Å². The molecule has 0 bridgehead atoms. The molecule has 130 valence electrons. The second-order valence-corrected chi connectivity index (χ2v) is 7.67. The first-order valence-corrected chi connectivity index (χ1v) is 9.68. The molecule has 3 rings (SSSR count). The smallest absolute Gasteiger partial charge is 0.325 e. The number of fused-ring (bicyclic) bond motifs is 1. The molecule has 0 aliphatic heterocycles. The zero-order chi connectivity index (χ0) is 18.0. The van der Waals surface area contributed by atoms with Gasteiger partial charge in [-0.05, 0) is 35.9 Å². The molecule has 1 aromatic heterocycles. The summed E-state index contributed by atoms with van der Waals surface area (Å²) in [5.74, 6) is 1.11. The van der Waals surface area contributed by atoms with E-state index in [1.165, 1.54) is 5.56 Å². The van der Waals surface area contributed by atoms with Crippen LogP contribution in [0.2, 0.25) is 0 Å². The minimum atomic E-state index is -0.0801. The van der Waals surface area contributed by atoms with Crippen molar-refractivity contribution < 1.29 is 4.79 Å². The van der Waals surface area contributed by atoms with Crippen molar-refractivity contribution in [2.45, 2.75) is 5.75 Å². The number of aromatic nitrogens is 2. The van der Waals surface area contributed by atoms with E-state index in [0.717, 1.165) is 21.3 Å². The Morgan fingerprint density at radius 1 is 1.08 bits per heavy atom. The number of benzene rings is 2. The lowest BCUT2D eigenvalue weighted by atomic mass is 10.2. The number of hydrogen-bond donors (Lipinski definition) is 1. The van der Waals surface area contributed by atoms with Crippen molar-refractivity contribution in [3.63, 3.8) is 0 Å². The van der Waals surface area contributed by atoms with Crippen LogP contribution in [0.1, 0.15) is 5.56 Å². The summed E-state index contributed by atoms with van der Waals surface area (Å²) >= 11 is 4.97. The number of nitrogens with zero attached hydrogens (tertiary/aromatic N) is 2. The third-order valence-electron chi connectivity index (χ3n) is 3.97. The number of halogens is 1. The third-order valence-corrected chi connectivity index (χ3v) is 5.50. The number of imidazole rings is 1. The molecule has 0 aliphatic carbocycles. The second-order valence-electron chi connectivity index (χ2n) is 5.77. The van der Waals surface area contributed by atoms with Gasteiger partial charge in [0, 0.05) is 30.0 Å². The van der Waals surface area contributed by atoms with E-state index in [4.69, 9.17) is 0 Å². The van der Waals surface area contributed by atoms with Gasteiger partial charge >= 0.3 is 5.69 Å². The van der Waals surface area contributed by atoms with E-state index < -0.39 is 0 Å². The molecule has 7 heteroatoms. The van der Waals surface area contributed by atoms with Crippen molar-refractivity contribution in [2.24, 2.45) is 14.1 Å². The molecule has 2 aromatic carbocycles. The van der Waals surface area contributed by atoms with Crippen LogP contribution in [0, 0.1) is 0 Å². The number of nitrogens with one attached hydrogen (secondary N) is 1. The number of carbonyl (C=O) groups excluding carboxylic acids is 1. The Balaban J connectivity index is 1.61. The van der Waals surface area contributed by atoms with E-state index in [1.54, 1.807) is 35.0 Å². The van der Waals surface area contributed by atoms with Crippen LogP contribution in [0.5, 0.6) is 0 Å². The number of aryl methyl sites for hydroxylation is 2. The average Bonchev–Trinajstić information content (AvgIpc) is 2.81. The zero-order valence-electron chi connectivity index (χ0n) is 14.0. The van der Waals surface area contributed by atoms with Crippen molar-refractivity contribution in [1.29, 1.82) is 0 Å². The lowest BCUT2D eigenvalue weighted by Crippen LogP contribution is -2.19. The Kier molecular flexibility index (Phi) is 5.34. The van der Waals surface area contributed by atoms with Crippen LogP contribution in [-0.2, 0) is 24.6 Å².